The maximum Gasteiger partial charge on any atom is 0.157 e. The Balaban J connectivity index is 2.07. The first-order valence-electron chi connectivity index (χ1n) is 6.60. The number of aromatic nitrogens is 3. The highest BCUT2D eigenvalue weighted by atomic mass is 35.5. The Morgan fingerprint density at radius 3 is 2.86 bits per heavy atom. The molecule has 0 spiro atoms. The third-order valence-corrected chi connectivity index (χ3v) is 3.40. The molecule has 21 heavy (non-hydrogen) atoms. The van der Waals surface area contributed by atoms with Crippen LogP contribution in [0.5, 0.6) is 0 Å². The maximum atomic E-state index is 5.95. The van der Waals surface area contributed by atoms with Crippen molar-refractivity contribution in [3.8, 4) is 11.3 Å². The Labute approximate surface area is 127 Å². The average Bonchev–Trinajstić information content (AvgIpc) is 2.87. The molecule has 0 aliphatic carbocycles. The van der Waals surface area contributed by atoms with Crippen molar-refractivity contribution in [2.24, 2.45) is 0 Å². The number of hydrogen-bond donors (Lipinski definition) is 1. The summed E-state index contributed by atoms with van der Waals surface area (Å²) in [5, 5.41) is 4.07. The molecule has 0 fully saturated rings. The molecular formula is C15H15ClN4O. The van der Waals surface area contributed by atoms with Gasteiger partial charge in [0.05, 0.1) is 12.8 Å². The Hall–Kier alpha value is -2.11. The smallest absolute Gasteiger partial charge is 0.157 e. The number of imidazole rings is 1. The molecule has 2 heterocycles. The molecular weight excluding hydrogens is 288 g/mol. The van der Waals surface area contributed by atoms with Gasteiger partial charge in [-0.3, -0.25) is 9.38 Å². The third kappa shape index (κ3) is 2.84. The molecule has 0 saturated carbocycles. The molecule has 0 aliphatic heterocycles. The van der Waals surface area contributed by atoms with Gasteiger partial charge in [0.1, 0.15) is 11.5 Å². The predicted octanol–water partition coefficient (Wildman–Crippen LogP) is 3.11. The number of anilines is 1. The quantitative estimate of drug-likeness (QED) is 0.736. The zero-order chi connectivity index (χ0) is 14.7. The zero-order valence-electron chi connectivity index (χ0n) is 11.6. The van der Waals surface area contributed by atoms with E-state index in [2.05, 4.69) is 15.3 Å². The van der Waals surface area contributed by atoms with Crippen LogP contribution in [0.3, 0.4) is 0 Å². The van der Waals surface area contributed by atoms with E-state index in [-0.39, 0.29) is 0 Å². The lowest BCUT2D eigenvalue weighted by molar-refractivity contribution is 0.210. The van der Waals surface area contributed by atoms with Crippen LogP contribution < -0.4 is 5.32 Å². The van der Waals surface area contributed by atoms with Gasteiger partial charge in [-0.1, -0.05) is 23.7 Å². The van der Waals surface area contributed by atoms with Gasteiger partial charge in [-0.05, 0) is 12.1 Å². The SMILES string of the molecule is COCCNc1c(-c2ccc(Cl)cc2)nc2cnccn12. The van der Waals surface area contributed by atoms with E-state index in [4.69, 9.17) is 16.3 Å². The average molecular weight is 303 g/mol. The lowest BCUT2D eigenvalue weighted by Crippen LogP contribution is -2.10. The van der Waals surface area contributed by atoms with Crippen LogP contribution in [-0.4, -0.2) is 34.6 Å². The van der Waals surface area contributed by atoms with Gasteiger partial charge in [0.25, 0.3) is 0 Å². The Morgan fingerprint density at radius 2 is 2.10 bits per heavy atom. The normalized spacial score (nSPS) is 11.0. The Kier molecular flexibility index (Phi) is 4.03. The van der Waals surface area contributed by atoms with Crippen LogP contribution >= 0.6 is 11.6 Å². The molecule has 2 aromatic heterocycles. The topological polar surface area (TPSA) is 51.5 Å². The number of methoxy groups -OCH3 is 1. The van der Waals surface area contributed by atoms with Crippen molar-refractivity contribution in [3.63, 3.8) is 0 Å². The van der Waals surface area contributed by atoms with E-state index < -0.39 is 0 Å². The summed E-state index contributed by atoms with van der Waals surface area (Å²) in [6.07, 6.45) is 5.36. The van der Waals surface area contributed by atoms with E-state index in [1.165, 1.54) is 0 Å². The largest absolute Gasteiger partial charge is 0.383 e. The molecule has 6 heteroatoms. The number of ether oxygens (including phenoxy) is 1. The van der Waals surface area contributed by atoms with Gasteiger partial charge >= 0.3 is 0 Å². The van der Waals surface area contributed by atoms with Crippen molar-refractivity contribution in [1.82, 2.24) is 14.4 Å². The fourth-order valence-corrected chi connectivity index (χ4v) is 2.28. The Morgan fingerprint density at radius 1 is 1.29 bits per heavy atom. The van der Waals surface area contributed by atoms with Crippen molar-refractivity contribution in [1.29, 1.82) is 0 Å². The first-order valence-corrected chi connectivity index (χ1v) is 6.98. The van der Waals surface area contributed by atoms with Crippen molar-refractivity contribution >= 4 is 23.1 Å². The monoisotopic (exact) mass is 302 g/mol. The van der Waals surface area contributed by atoms with Crippen LogP contribution in [0.15, 0.2) is 42.9 Å². The second-order valence-electron chi connectivity index (χ2n) is 4.54. The van der Waals surface area contributed by atoms with Gasteiger partial charge in [0, 0.05) is 36.6 Å². The first-order chi connectivity index (χ1) is 10.3. The number of benzene rings is 1. The molecule has 108 valence electrons. The lowest BCUT2D eigenvalue weighted by Gasteiger charge is -2.08. The lowest BCUT2D eigenvalue weighted by atomic mass is 10.1. The second kappa shape index (κ2) is 6.11. The van der Waals surface area contributed by atoms with Crippen molar-refractivity contribution in [2.75, 3.05) is 25.6 Å². The first kappa shape index (κ1) is 13.9. The van der Waals surface area contributed by atoms with Gasteiger partial charge < -0.3 is 10.1 Å². The standard InChI is InChI=1S/C15H15ClN4O/c1-21-9-7-18-15-14(11-2-4-12(16)5-3-11)19-13-10-17-6-8-20(13)15/h2-6,8,10,18H,7,9H2,1H3. The molecule has 0 radical (unpaired) electrons. The summed E-state index contributed by atoms with van der Waals surface area (Å²) in [7, 11) is 1.68. The predicted molar refractivity (Wildman–Crippen MR) is 83.8 cm³/mol. The molecule has 0 atom stereocenters. The molecule has 0 amide bonds. The molecule has 0 saturated heterocycles. The van der Waals surface area contributed by atoms with Crippen molar-refractivity contribution in [3.05, 3.63) is 47.9 Å². The van der Waals surface area contributed by atoms with Gasteiger partial charge in [-0.25, -0.2) is 4.98 Å². The maximum absolute atomic E-state index is 5.95. The van der Waals surface area contributed by atoms with Crippen LogP contribution in [0.25, 0.3) is 16.9 Å². The number of hydrogen-bond acceptors (Lipinski definition) is 4. The van der Waals surface area contributed by atoms with E-state index in [1.807, 2.05) is 34.9 Å². The summed E-state index contributed by atoms with van der Waals surface area (Å²) in [5.41, 5.74) is 2.67. The molecule has 0 aliphatic rings. The Bertz CT molecular complexity index is 739. The summed E-state index contributed by atoms with van der Waals surface area (Å²) in [4.78, 5) is 8.76. The minimum atomic E-state index is 0.623. The van der Waals surface area contributed by atoms with E-state index in [0.717, 1.165) is 22.7 Å². The minimum Gasteiger partial charge on any atom is -0.383 e. The third-order valence-electron chi connectivity index (χ3n) is 3.15. The van der Waals surface area contributed by atoms with Gasteiger partial charge in [-0.15, -0.1) is 0 Å². The highest BCUT2D eigenvalue weighted by Gasteiger charge is 2.13. The van der Waals surface area contributed by atoms with Crippen LogP contribution in [-0.2, 0) is 4.74 Å². The van der Waals surface area contributed by atoms with E-state index in [1.54, 1.807) is 19.5 Å². The summed E-state index contributed by atoms with van der Waals surface area (Å²) < 4.78 is 7.07. The van der Waals surface area contributed by atoms with Gasteiger partial charge in [0.2, 0.25) is 0 Å². The molecule has 3 aromatic rings. The summed E-state index contributed by atoms with van der Waals surface area (Å²) >= 11 is 5.95. The minimum absolute atomic E-state index is 0.623. The second-order valence-corrected chi connectivity index (χ2v) is 4.98. The van der Waals surface area contributed by atoms with Crippen LogP contribution in [0.4, 0.5) is 5.82 Å². The van der Waals surface area contributed by atoms with Crippen LogP contribution in [0.2, 0.25) is 5.02 Å². The fraction of sp³-hybridized carbons (Fsp3) is 0.200. The van der Waals surface area contributed by atoms with Crippen molar-refractivity contribution < 1.29 is 4.74 Å². The molecule has 1 aromatic carbocycles. The summed E-state index contributed by atoms with van der Waals surface area (Å²) in [6.45, 7) is 1.32. The molecule has 5 nitrogen and oxygen atoms in total. The summed E-state index contributed by atoms with van der Waals surface area (Å²) in [5.74, 6) is 0.923. The summed E-state index contributed by atoms with van der Waals surface area (Å²) in [6, 6.07) is 7.63. The van der Waals surface area contributed by atoms with Gasteiger partial charge in [0.15, 0.2) is 5.65 Å². The highest BCUT2D eigenvalue weighted by molar-refractivity contribution is 6.30. The fourth-order valence-electron chi connectivity index (χ4n) is 2.16. The van der Waals surface area contributed by atoms with E-state index in [0.29, 0.717) is 18.2 Å². The number of nitrogens with zero attached hydrogens (tertiary/aromatic N) is 3. The number of fused-ring (bicyclic) bond motifs is 1. The van der Waals surface area contributed by atoms with Gasteiger partial charge in [-0.2, -0.15) is 0 Å². The van der Waals surface area contributed by atoms with Crippen molar-refractivity contribution in [2.45, 2.75) is 0 Å². The van der Waals surface area contributed by atoms with E-state index in [9.17, 15) is 0 Å². The number of nitrogens with one attached hydrogen (secondary N) is 1. The number of halogens is 1. The molecule has 0 bridgehead atoms. The number of rotatable bonds is 5. The highest BCUT2D eigenvalue weighted by Crippen LogP contribution is 2.29. The van der Waals surface area contributed by atoms with E-state index >= 15 is 0 Å². The van der Waals surface area contributed by atoms with Crippen LogP contribution in [0.1, 0.15) is 0 Å². The zero-order valence-corrected chi connectivity index (χ0v) is 12.3. The molecule has 0 unspecified atom stereocenters. The molecule has 1 N–H and O–H groups in total. The molecule has 3 rings (SSSR count). The van der Waals surface area contributed by atoms with Crippen LogP contribution in [0, 0.1) is 0 Å².